The predicted octanol–water partition coefficient (Wildman–Crippen LogP) is 0.801. The van der Waals surface area contributed by atoms with Gasteiger partial charge in [0.1, 0.15) is 5.54 Å². The summed E-state index contributed by atoms with van der Waals surface area (Å²) < 4.78 is 5.03. The third-order valence-corrected chi connectivity index (χ3v) is 3.93. The molecule has 5 heteroatoms. The lowest BCUT2D eigenvalue weighted by Crippen LogP contribution is -2.60. The molecule has 0 aliphatic carbocycles. The van der Waals surface area contributed by atoms with Crippen molar-refractivity contribution in [3.8, 4) is 0 Å². The van der Waals surface area contributed by atoms with Crippen molar-refractivity contribution in [2.45, 2.75) is 32.2 Å². The van der Waals surface area contributed by atoms with Crippen LogP contribution in [0, 0.1) is 5.92 Å². The van der Waals surface area contributed by atoms with E-state index in [1.807, 2.05) is 14.1 Å². The molecule has 0 aromatic heterocycles. The molecule has 0 amide bonds. The second kappa shape index (κ2) is 7.96. The first-order valence-corrected chi connectivity index (χ1v) is 7.60. The smallest absolute Gasteiger partial charge is 0.326 e. The molecule has 0 bridgehead atoms. The first-order chi connectivity index (χ1) is 9.39. The topological polar surface area (TPSA) is 44.8 Å². The molecule has 0 unspecified atom stereocenters. The first kappa shape index (κ1) is 17.4. The molecule has 1 saturated heterocycles. The number of ether oxygens (including phenoxy) is 1. The Kier molecular flexibility index (Phi) is 6.92. The van der Waals surface area contributed by atoms with Crippen LogP contribution in [0.5, 0.6) is 0 Å². The molecule has 0 aromatic rings. The Morgan fingerprint density at radius 3 is 2.40 bits per heavy atom. The lowest BCUT2D eigenvalue weighted by atomic mass is 9.87. The van der Waals surface area contributed by atoms with Gasteiger partial charge in [0.15, 0.2) is 0 Å². The fourth-order valence-electron chi connectivity index (χ4n) is 2.80. The maximum absolute atomic E-state index is 12.2. The Balaban J connectivity index is 2.56. The van der Waals surface area contributed by atoms with Crippen LogP contribution in [0.4, 0.5) is 0 Å². The lowest BCUT2D eigenvalue weighted by molar-refractivity contribution is -0.151. The monoisotopic (exact) mass is 285 g/mol. The van der Waals surface area contributed by atoms with Crippen LogP contribution in [0.2, 0.25) is 0 Å². The van der Waals surface area contributed by atoms with E-state index >= 15 is 0 Å². The Bertz CT molecular complexity index is 297. The molecular formula is C15H31N3O2. The maximum Gasteiger partial charge on any atom is 0.326 e. The second-order valence-electron chi connectivity index (χ2n) is 6.50. The number of likely N-dealkylation sites (N-methyl/N-ethyl adjacent to an activating group) is 1. The van der Waals surface area contributed by atoms with Gasteiger partial charge in [-0.05, 0) is 32.9 Å². The van der Waals surface area contributed by atoms with E-state index in [4.69, 9.17) is 4.74 Å². The van der Waals surface area contributed by atoms with Gasteiger partial charge in [-0.3, -0.25) is 4.79 Å². The standard InChI is InChI=1S/C15H31N3O2/c1-13(2)12-18-9-6-15(7-10-18,14(19)20-5)16-8-11-17(3)4/h13,16H,6-12H2,1-5H3. The minimum atomic E-state index is -0.488. The number of piperidine rings is 1. The van der Waals surface area contributed by atoms with Gasteiger partial charge in [0.2, 0.25) is 0 Å². The quantitative estimate of drug-likeness (QED) is 0.701. The molecule has 20 heavy (non-hydrogen) atoms. The van der Waals surface area contributed by atoms with Crippen molar-refractivity contribution in [3.63, 3.8) is 0 Å². The highest BCUT2D eigenvalue weighted by Gasteiger charge is 2.41. The number of nitrogens with one attached hydrogen (secondary N) is 1. The van der Waals surface area contributed by atoms with Crippen LogP contribution in [0.15, 0.2) is 0 Å². The summed E-state index contributed by atoms with van der Waals surface area (Å²) in [5, 5.41) is 3.45. The molecule has 0 saturated carbocycles. The van der Waals surface area contributed by atoms with Gasteiger partial charge in [-0.2, -0.15) is 0 Å². The van der Waals surface area contributed by atoms with E-state index in [0.717, 1.165) is 45.6 Å². The van der Waals surface area contributed by atoms with Crippen molar-refractivity contribution in [1.82, 2.24) is 15.1 Å². The van der Waals surface area contributed by atoms with Gasteiger partial charge >= 0.3 is 5.97 Å². The van der Waals surface area contributed by atoms with E-state index in [9.17, 15) is 4.79 Å². The number of carbonyl (C=O) groups is 1. The largest absolute Gasteiger partial charge is 0.468 e. The van der Waals surface area contributed by atoms with Crippen LogP contribution in [0.3, 0.4) is 0 Å². The van der Waals surface area contributed by atoms with E-state index < -0.39 is 5.54 Å². The number of hydrogen-bond acceptors (Lipinski definition) is 5. The summed E-state index contributed by atoms with van der Waals surface area (Å²) >= 11 is 0. The van der Waals surface area contributed by atoms with Gasteiger partial charge in [-0.25, -0.2) is 0 Å². The molecule has 5 nitrogen and oxygen atoms in total. The predicted molar refractivity (Wildman–Crippen MR) is 81.8 cm³/mol. The maximum atomic E-state index is 12.2. The summed E-state index contributed by atoms with van der Waals surface area (Å²) in [5.41, 5.74) is -0.488. The van der Waals surface area contributed by atoms with E-state index in [0.29, 0.717) is 5.92 Å². The van der Waals surface area contributed by atoms with Crippen molar-refractivity contribution < 1.29 is 9.53 Å². The van der Waals surface area contributed by atoms with Gasteiger partial charge in [0.25, 0.3) is 0 Å². The zero-order valence-electron chi connectivity index (χ0n) is 13.7. The summed E-state index contributed by atoms with van der Waals surface area (Å²) in [4.78, 5) is 16.7. The van der Waals surface area contributed by atoms with E-state index in [1.165, 1.54) is 7.11 Å². The summed E-state index contributed by atoms with van der Waals surface area (Å²) in [6, 6.07) is 0. The number of carbonyl (C=O) groups excluding carboxylic acids is 1. The first-order valence-electron chi connectivity index (χ1n) is 7.60. The normalized spacial score (nSPS) is 19.6. The third-order valence-electron chi connectivity index (χ3n) is 3.93. The van der Waals surface area contributed by atoms with Gasteiger partial charge < -0.3 is 19.9 Å². The molecule has 0 radical (unpaired) electrons. The zero-order valence-corrected chi connectivity index (χ0v) is 13.7. The minimum absolute atomic E-state index is 0.111. The number of methoxy groups -OCH3 is 1. The molecule has 1 heterocycles. The number of rotatable bonds is 7. The van der Waals surface area contributed by atoms with Crippen LogP contribution < -0.4 is 5.32 Å². The SMILES string of the molecule is COC(=O)C1(NCCN(C)C)CCN(CC(C)C)CC1. The highest BCUT2D eigenvalue weighted by Crippen LogP contribution is 2.24. The minimum Gasteiger partial charge on any atom is -0.468 e. The van der Waals surface area contributed by atoms with Gasteiger partial charge in [0.05, 0.1) is 7.11 Å². The van der Waals surface area contributed by atoms with Crippen LogP contribution in [-0.4, -0.2) is 75.2 Å². The Labute approximate surface area is 123 Å². The zero-order chi connectivity index (χ0) is 15.2. The number of nitrogens with zero attached hydrogens (tertiary/aromatic N) is 2. The highest BCUT2D eigenvalue weighted by atomic mass is 16.5. The van der Waals surface area contributed by atoms with Gasteiger partial charge in [0, 0.05) is 32.7 Å². The fraction of sp³-hybridized carbons (Fsp3) is 0.933. The van der Waals surface area contributed by atoms with Crippen molar-refractivity contribution >= 4 is 5.97 Å². The average Bonchev–Trinajstić information content (AvgIpc) is 2.39. The summed E-state index contributed by atoms with van der Waals surface area (Å²) in [6.07, 6.45) is 1.67. The molecule has 1 aliphatic rings. The highest BCUT2D eigenvalue weighted by molar-refractivity contribution is 5.81. The van der Waals surface area contributed by atoms with E-state index in [-0.39, 0.29) is 5.97 Å². The molecule has 1 fully saturated rings. The van der Waals surface area contributed by atoms with E-state index in [1.54, 1.807) is 0 Å². The second-order valence-corrected chi connectivity index (χ2v) is 6.50. The number of likely N-dealkylation sites (tertiary alicyclic amines) is 1. The van der Waals surface area contributed by atoms with Gasteiger partial charge in [-0.15, -0.1) is 0 Å². The summed E-state index contributed by atoms with van der Waals surface area (Å²) in [5.74, 6) is 0.558. The molecule has 0 spiro atoms. The fourth-order valence-corrected chi connectivity index (χ4v) is 2.80. The van der Waals surface area contributed by atoms with E-state index in [2.05, 4.69) is 29.0 Å². The van der Waals surface area contributed by atoms with Crippen molar-refractivity contribution in [2.75, 3.05) is 53.9 Å². The molecule has 1 rings (SSSR count). The Morgan fingerprint density at radius 2 is 1.95 bits per heavy atom. The van der Waals surface area contributed by atoms with Crippen LogP contribution in [-0.2, 0) is 9.53 Å². The van der Waals surface area contributed by atoms with Gasteiger partial charge in [-0.1, -0.05) is 13.8 Å². The summed E-state index contributed by atoms with van der Waals surface area (Å²) in [6.45, 7) is 9.23. The lowest BCUT2D eigenvalue weighted by Gasteiger charge is -2.41. The Hall–Kier alpha value is -0.650. The van der Waals surface area contributed by atoms with Crippen LogP contribution in [0.1, 0.15) is 26.7 Å². The Morgan fingerprint density at radius 1 is 1.35 bits per heavy atom. The summed E-state index contributed by atoms with van der Waals surface area (Å²) in [7, 11) is 5.56. The van der Waals surface area contributed by atoms with Crippen molar-refractivity contribution in [3.05, 3.63) is 0 Å². The van der Waals surface area contributed by atoms with Crippen molar-refractivity contribution in [2.24, 2.45) is 5.92 Å². The van der Waals surface area contributed by atoms with Crippen molar-refractivity contribution in [1.29, 1.82) is 0 Å². The molecular weight excluding hydrogens is 254 g/mol. The average molecular weight is 285 g/mol. The van der Waals surface area contributed by atoms with Crippen LogP contribution in [0.25, 0.3) is 0 Å². The molecule has 0 atom stereocenters. The third kappa shape index (κ3) is 5.04. The molecule has 1 N–H and O–H groups in total. The molecule has 118 valence electrons. The molecule has 0 aromatic carbocycles. The number of hydrogen-bond donors (Lipinski definition) is 1. The molecule has 1 aliphatic heterocycles. The van der Waals surface area contributed by atoms with Crippen LogP contribution >= 0.6 is 0 Å². The number of esters is 1.